The highest BCUT2D eigenvalue weighted by Gasteiger charge is 2.40. The Kier molecular flexibility index (Phi) is 10.3. The van der Waals surface area contributed by atoms with E-state index in [1.54, 1.807) is 12.1 Å². The average molecular weight is 558 g/mol. The Hall–Kier alpha value is -3.63. The summed E-state index contributed by atoms with van der Waals surface area (Å²) >= 11 is 0. The van der Waals surface area contributed by atoms with E-state index in [0.29, 0.717) is 38.8 Å². The molecule has 2 aromatic carbocycles. The zero-order valence-corrected chi connectivity index (χ0v) is 22.5. The minimum Gasteiger partial charge on any atom is -0.508 e. The highest BCUT2D eigenvalue weighted by Crippen LogP contribution is 2.22. The molecule has 4 unspecified atom stereocenters. The summed E-state index contributed by atoms with van der Waals surface area (Å²) in [5.74, 6) is -1.55. The molecule has 0 saturated carbocycles. The number of benzene rings is 2. The summed E-state index contributed by atoms with van der Waals surface area (Å²) in [5.41, 5.74) is 13.4. The summed E-state index contributed by atoms with van der Waals surface area (Å²) < 4.78 is 0. The summed E-state index contributed by atoms with van der Waals surface area (Å²) in [4.78, 5) is 55.1. The average Bonchev–Trinajstić information content (AvgIpc) is 3.60. The smallest absolute Gasteiger partial charge is 0.246 e. The van der Waals surface area contributed by atoms with Gasteiger partial charge in [0.05, 0.1) is 6.04 Å². The van der Waals surface area contributed by atoms with Crippen molar-refractivity contribution in [1.29, 1.82) is 0 Å². The lowest BCUT2D eigenvalue weighted by molar-refractivity contribution is -0.143. The summed E-state index contributed by atoms with van der Waals surface area (Å²) in [5, 5.41) is 12.4. The number of hydrogen-bond acceptors (Lipinski definition) is 6. The van der Waals surface area contributed by atoms with Crippen LogP contribution in [0.3, 0.4) is 0 Å². The van der Waals surface area contributed by atoms with Crippen molar-refractivity contribution in [2.45, 2.75) is 62.7 Å². The van der Waals surface area contributed by atoms with E-state index in [4.69, 9.17) is 11.5 Å². The second-order valence-electron chi connectivity index (χ2n) is 10.0. The van der Waals surface area contributed by atoms with E-state index < -0.39 is 36.0 Å². The minimum absolute atomic E-state index is 0. The molecule has 4 atom stereocenters. The zero-order chi connectivity index (χ0) is 27.2. The fourth-order valence-electron chi connectivity index (χ4n) is 5.33. The lowest BCUT2D eigenvalue weighted by atomic mass is 10.0. The van der Waals surface area contributed by atoms with Gasteiger partial charge >= 0.3 is 0 Å². The van der Waals surface area contributed by atoms with Crippen LogP contribution in [-0.4, -0.2) is 75.8 Å². The highest BCUT2D eigenvalue weighted by atomic mass is 35.5. The van der Waals surface area contributed by atoms with Gasteiger partial charge in [0.15, 0.2) is 0 Å². The maximum atomic E-state index is 13.6. The van der Waals surface area contributed by atoms with Crippen molar-refractivity contribution in [1.82, 2.24) is 15.1 Å². The molecule has 0 aliphatic carbocycles. The van der Waals surface area contributed by atoms with E-state index in [1.807, 2.05) is 30.3 Å². The second-order valence-corrected chi connectivity index (χ2v) is 10.0. The van der Waals surface area contributed by atoms with Gasteiger partial charge in [-0.3, -0.25) is 19.2 Å². The van der Waals surface area contributed by atoms with Crippen LogP contribution < -0.4 is 16.8 Å². The molecule has 0 spiro atoms. The third kappa shape index (κ3) is 7.27. The number of hydrogen-bond donors (Lipinski definition) is 4. The number of likely N-dealkylation sites (tertiary alicyclic amines) is 2. The van der Waals surface area contributed by atoms with Crippen molar-refractivity contribution in [2.24, 2.45) is 11.5 Å². The van der Waals surface area contributed by atoms with Crippen molar-refractivity contribution in [2.75, 3.05) is 13.1 Å². The Morgan fingerprint density at radius 3 is 2.03 bits per heavy atom. The summed E-state index contributed by atoms with van der Waals surface area (Å²) in [6, 6.07) is 12.6. The van der Waals surface area contributed by atoms with Crippen molar-refractivity contribution in [3.63, 3.8) is 0 Å². The van der Waals surface area contributed by atoms with Crippen LogP contribution in [0.25, 0.3) is 0 Å². The Morgan fingerprint density at radius 2 is 1.41 bits per heavy atom. The van der Waals surface area contributed by atoms with Crippen molar-refractivity contribution < 1.29 is 24.3 Å². The minimum atomic E-state index is -0.909. The first-order valence-corrected chi connectivity index (χ1v) is 13.0. The molecule has 39 heavy (non-hydrogen) atoms. The number of nitrogens with two attached hydrogens (primary N) is 2. The van der Waals surface area contributed by atoms with Crippen molar-refractivity contribution >= 4 is 36.0 Å². The first-order valence-electron chi connectivity index (χ1n) is 13.0. The molecule has 0 aromatic heterocycles. The van der Waals surface area contributed by atoms with Crippen LogP contribution in [0.4, 0.5) is 0 Å². The maximum absolute atomic E-state index is 13.6. The van der Waals surface area contributed by atoms with Crippen LogP contribution in [0.2, 0.25) is 0 Å². The van der Waals surface area contributed by atoms with Gasteiger partial charge in [-0.2, -0.15) is 0 Å². The molecule has 0 bridgehead atoms. The van der Waals surface area contributed by atoms with E-state index in [0.717, 1.165) is 11.1 Å². The normalized spacial score (nSPS) is 20.1. The van der Waals surface area contributed by atoms with Crippen LogP contribution >= 0.6 is 12.4 Å². The largest absolute Gasteiger partial charge is 0.508 e. The molecule has 2 heterocycles. The molecule has 2 aromatic rings. The number of aromatic hydroxyl groups is 1. The second kappa shape index (κ2) is 13.4. The third-order valence-corrected chi connectivity index (χ3v) is 7.31. The predicted octanol–water partition coefficient (Wildman–Crippen LogP) is 0.879. The zero-order valence-electron chi connectivity index (χ0n) is 21.7. The van der Waals surface area contributed by atoms with Crippen LogP contribution in [-0.2, 0) is 32.0 Å². The van der Waals surface area contributed by atoms with E-state index in [-0.39, 0.29) is 42.8 Å². The lowest BCUT2D eigenvalue weighted by Gasteiger charge is -2.31. The van der Waals surface area contributed by atoms with Crippen molar-refractivity contribution in [3.8, 4) is 5.75 Å². The molecule has 2 aliphatic rings. The number of phenols is 1. The van der Waals surface area contributed by atoms with E-state index in [2.05, 4.69) is 5.32 Å². The van der Waals surface area contributed by atoms with E-state index in [9.17, 15) is 24.3 Å². The van der Waals surface area contributed by atoms with Gasteiger partial charge in [-0.25, -0.2) is 0 Å². The van der Waals surface area contributed by atoms with Crippen LogP contribution in [0.5, 0.6) is 5.75 Å². The fourth-order valence-corrected chi connectivity index (χ4v) is 5.33. The molecule has 2 aliphatic heterocycles. The first kappa shape index (κ1) is 29.9. The number of nitrogens with zero attached hydrogens (tertiary/aromatic N) is 2. The molecule has 2 saturated heterocycles. The Morgan fingerprint density at radius 1 is 0.846 bits per heavy atom. The molecule has 4 amide bonds. The molecular weight excluding hydrogens is 522 g/mol. The summed E-state index contributed by atoms with van der Waals surface area (Å²) in [6.45, 7) is 0.793. The number of nitrogens with one attached hydrogen (secondary N) is 1. The number of halogens is 1. The molecule has 10 nitrogen and oxygen atoms in total. The Balaban J connectivity index is 0.00000420. The van der Waals surface area contributed by atoms with Crippen LogP contribution in [0.15, 0.2) is 54.6 Å². The Bertz CT molecular complexity index is 1160. The van der Waals surface area contributed by atoms with Crippen LogP contribution in [0, 0.1) is 0 Å². The number of phenolic OH excluding ortho intramolecular Hbond substituents is 1. The first-order chi connectivity index (χ1) is 18.2. The van der Waals surface area contributed by atoms with Crippen LogP contribution in [0.1, 0.15) is 36.8 Å². The summed E-state index contributed by atoms with van der Waals surface area (Å²) in [7, 11) is 0. The predicted molar refractivity (Wildman–Crippen MR) is 148 cm³/mol. The van der Waals surface area contributed by atoms with E-state index in [1.165, 1.54) is 21.9 Å². The standard InChI is InChI=1S/C28H35N5O5.ClH/c29-21(16-19-10-12-20(34)13-11-19)27(37)33-15-5-9-24(33)26(36)31-22(17-18-6-2-1-3-7-18)28(38)32-14-4-8-23(32)25(30)35;/h1-3,6-7,10-13,21-24,34H,4-5,8-9,14-17,29H2,(H2,30,35)(H,31,36);1H. The van der Waals surface area contributed by atoms with E-state index >= 15 is 0 Å². The SMILES string of the molecule is Cl.NC(=O)C1CCCN1C(=O)C(Cc1ccccc1)NC(=O)C1CCCN1C(=O)C(N)Cc1ccc(O)cc1. The number of primary amides is 1. The topological polar surface area (TPSA) is 159 Å². The number of carbonyl (C=O) groups excluding carboxylic acids is 4. The molecular formula is C28H36ClN5O5. The van der Waals surface area contributed by atoms with Gasteiger partial charge < -0.3 is 31.7 Å². The van der Waals surface area contributed by atoms with Gasteiger partial charge in [0, 0.05) is 19.5 Å². The molecule has 210 valence electrons. The third-order valence-electron chi connectivity index (χ3n) is 7.31. The molecule has 2 fully saturated rings. The monoisotopic (exact) mass is 557 g/mol. The van der Waals surface area contributed by atoms with Gasteiger partial charge in [-0.1, -0.05) is 42.5 Å². The molecule has 11 heteroatoms. The number of carbonyl (C=O) groups is 4. The summed E-state index contributed by atoms with van der Waals surface area (Å²) in [6.07, 6.45) is 2.77. The lowest BCUT2D eigenvalue weighted by Crippen LogP contribution is -2.57. The van der Waals surface area contributed by atoms with Gasteiger partial charge in [0.25, 0.3) is 0 Å². The molecule has 0 radical (unpaired) electrons. The molecule has 4 rings (SSSR count). The van der Waals surface area contributed by atoms with Gasteiger partial charge in [0.1, 0.15) is 23.9 Å². The van der Waals surface area contributed by atoms with Gasteiger partial charge in [0.2, 0.25) is 23.6 Å². The Labute approximate surface area is 234 Å². The quantitative estimate of drug-likeness (QED) is 0.358. The van der Waals surface area contributed by atoms with Crippen molar-refractivity contribution in [3.05, 3.63) is 65.7 Å². The highest BCUT2D eigenvalue weighted by molar-refractivity contribution is 5.95. The fraction of sp³-hybridized carbons (Fsp3) is 0.429. The maximum Gasteiger partial charge on any atom is 0.246 e. The van der Waals surface area contributed by atoms with Gasteiger partial charge in [-0.05, 0) is 55.4 Å². The number of rotatable bonds is 9. The number of amides is 4. The van der Waals surface area contributed by atoms with Gasteiger partial charge in [-0.15, -0.1) is 12.4 Å². The molecule has 6 N–H and O–H groups in total.